The van der Waals surface area contributed by atoms with E-state index in [0.717, 1.165) is 24.3 Å². The molecule has 0 atom stereocenters. The zero-order valence-electron chi connectivity index (χ0n) is 11.8. The number of hydrogen-bond acceptors (Lipinski definition) is 3. The summed E-state index contributed by atoms with van der Waals surface area (Å²) in [6.45, 7) is 2.00. The highest BCUT2D eigenvalue weighted by atomic mass is 32.2. The normalized spacial score (nSPS) is 11.4. The highest BCUT2D eigenvalue weighted by Crippen LogP contribution is 2.18. The Kier molecular flexibility index (Phi) is 5.10. The molecule has 0 heterocycles. The molecule has 4 nitrogen and oxygen atoms in total. The van der Waals surface area contributed by atoms with Gasteiger partial charge in [-0.2, -0.15) is 0 Å². The molecule has 0 amide bonds. The molecule has 0 aliphatic heterocycles. The molecule has 118 valence electrons. The predicted molar refractivity (Wildman–Crippen MR) is 78.0 cm³/mol. The van der Waals surface area contributed by atoms with Crippen LogP contribution in [0.25, 0.3) is 0 Å². The Balaban J connectivity index is 2.09. The molecular formula is C15H15F2NO3S. The van der Waals surface area contributed by atoms with Crippen molar-refractivity contribution in [1.29, 1.82) is 0 Å². The van der Waals surface area contributed by atoms with E-state index >= 15 is 0 Å². The molecule has 1 N–H and O–H groups in total. The second-order valence-electron chi connectivity index (χ2n) is 4.48. The maximum absolute atomic E-state index is 13.7. The van der Waals surface area contributed by atoms with Gasteiger partial charge in [0, 0.05) is 6.54 Å². The van der Waals surface area contributed by atoms with Gasteiger partial charge in [-0.15, -0.1) is 0 Å². The van der Waals surface area contributed by atoms with E-state index in [4.69, 9.17) is 4.74 Å². The summed E-state index contributed by atoms with van der Waals surface area (Å²) in [5.74, 6) is -0.958. The van der Waals surface area contributed by atoms with Gasteiger partial charge in [0.25, 0.3) is 0 Å². The number of sulfonamides is 1. The zero-order chi connectivity index (χ0) is 16.2. The molecule has 0 aliphatic carbocycles. The number of benzene rings is 2. The molecule has 2 aromatic carbocycles. The van der Waals surface area contributed by atoms with Crippen molar-refractivity contribution in [2.45, 2.75) is 18.4 Å². The van der Waals surface area contributed by atoms with E-state index in [2.05, 4.69) is 4.72 Å². The van der Waals surface area contributed by atoms with Crippen molar-refractivity contribution in [2.75, 3.05) is 6.61 Å². The quantitative estimate of drug-likeness (QED) is 0.887. The fourth-order valence-electron chi connectivity index (χ4n) is 1.80. The van der Waals surface area contributed by atoms with E-state index in [0.29, 0.717) is 12.2 Å². The molecule has 0 spiro atoms. The molecule has 0 unspecified atom stereocenters. The number of hydrogen-bond donors (Lipinski definition) is 1. The minimum atomic E-state index is -3.78. The minimum absolute atomic E-state index is 0.0553. The van der Waals surface area contributed by atoms with Crippen molar-refractivity contribution in [3.05, 3.63) is 59.7 Å². The first-order valence-electron chi connectivity index (χ1n) is 6.59. The maximum Gasteiger partial charge on any atom is 0.240 e. The molecule has 0 fully saturated rings. The van der Waals surface area contributed by atoms with Gasteiger partial charge in [-0.3, -0.25) is 0 Å². The van der Waals surface area contributed by atoms with Gasteiger partial charge in [0.05, 0.1) is 11.5 Å². The van der Waals surface area contributed by atoms with Gasteiger partial charge < -0.3 is 4.74 Å². The van der Waals surface area contributed by atoms with Crippen LogP contribution in [-0.4, -0.2) is 15.0 Å². The molecule has 0 aromatic heterocycles. The summed E-state index contributed by atoms with van der Waals surface area (Å²) in [6.07, 6.45) is 0. The molecule has 22 heavy (non-hydrogen) atoms. The minimum Gasteiger partial charge on any atom is -0.491 e. The molecule has 0 radical (unpaired) electrons. The van der Waals surface area contributed by atoms with E-state index < -0.39 is 21.7 Å². The topological polar surface area (TPSA) is 55.4 Å². The Bertz CT molecular complexity index is 746. The van der Waals surface area contributed by atoms with Gasteiger partial charge in [-0.25, -0.2) is 21.9 Å². The van der Waals surface area contributed by atoms with Crippen LogP contribution in [0.5, 0.6) is 5.75 Å². The van der Waals surface area contributed by atoms with Crippen LogP contribution < -0.4 is 9.46 Å². The monoisotopic (exact) mass is 327 g/mol. The Hall–Kier alpha value is -1.99. The Morgan fingerprint density at radius 2 is 1.77 bits per heavy atom. The van der Waals surface area contributed by atoms with Crippen LogP contribution in [0.15, 0.2) is 47.4 Å². The lowest BCUT2D eigenvalue weighted by Crippen LogP contribution is -2.23. The van der Waals surface area contributed by atoms with E-state index in [1.807, 2.05) is 0 Å². The Labute approximate surface area is 127 Å². The summed E-state index contributed by atoms with van der Waals surface area (Å²) < 4.78 is 57.9. The van der Waals surface area contributed by atoms with Crippen LogP contribution in [0.1, 0.15) is 12.5 Å². The van der Waals surface area contributed by atoms with Gasteiger partial charge in [0.1, 0.15) is 5.82 Å². The molecule has 0 saturated heterocycles. The summed E-state index contributed by atoms with van der Waals surface area (Å²) in [5, 5.41) is 0. The lowest BCUT2D eigenvalue weighted by molar-refractivity contribution is 0.321. The van der Waals surface area contributed by atoms with Gasteiger partial charge in [0.2, 0.25) is 10.0 Å². The van der Waals surface area contributed by atoms with E-state index in [1.54, 1.807) is 13.0 Å². The van der Waals surface area contributed by atoms with E-state index in [1.165, 1.54) is 12.1 Å². The third-order valence-corrected chi connectivity index (χ3v) is 4.30. The first-order valence-corrected chi connectivity index (χ1v) is 8.07. The van der Waals surface area contributed by atoms with E-state index in [-0.39, 0.29) is 17.2 Å². The molecule has 0 saturated carbocycles. The maximum atomic E-state index is 13.7. The summed E-state index contributed by atoms with van der Waals surface area (Å²) in [7, 11) is -3.78. The summed E-state index contributed by atoms with van der Waals surface area (Å²) in [6, 6.07) is 8.67. The predicted octanol–water partition coefficient (Wildman–Crippen LogP) is 2.84. The van der Waals surface area contributed by atoms with Crippen molar-refractivity contribution in [2.24, 2.45) is 0 Å². The fraction of sp³-hybridized carbons (Fsp3) is 0.200. The van der Waals surface area contributed by atoms with Crippen LogP contribution in [0.4, 0.5) is 8.78 Å². The van der Waals surface area contributed by atoms with Crippen LogP contribution >= 0.6 is 0 Å². The first kappa shape index (κ1) is 16.4. The van der Waals surface area contributed by atoms with Crippen molar-refractivity contribution in [3.8, 4) is 5.75 Å². The molecule has 2 aromatic rings. The highest BCUT2D eigenvalue weighted by Gasteiger charge is 2.14. The Morgan fingerprint density at radius 3 is 2.36 bits per heavy atom. The van der Waals surface area contributed by atoms with Crippen LogP contribution in [0, 0.1) is 11.6 Å². The average molecular weight is 327 g/mol. The first-order chi connectivity index (χ1) is 10.4. The van der Waals surface area contributed by atoms with Gasteiger partial charge in [-0.1, -0.05) is 6.07 Å². The summed E-state index contributed by atoms with van der Waals surface area (Å²) in [5.41, 5.74) is 0.451. The lowest BCUT2D eigenvalue weighted by Gasteiger charge is -2.09. The summed E-state index contributed by atoms with van der Waals surface area (Å²) >= 11 is 0. The van der Waals surface area contributed by atoms with Crippen molar-refractivity contribution >= 4 is 10.0 Å². The van der Waals surface area contributed by atoms with Crippen molar-refractivity contribution < 1.29 is 21.9 Å². The SMILES string of the molecule is CCOc1ccc(CNS(=O)(=O)c2ccc(F)cc2)cc1F. The number of halogens is 2. The zero-order valence-corrected chi connectivity index (χ0v) is 12.7. The number of ether oxygens (including phenoxy) is 1. The standard InChI is InChI=1S/C15H15F2NO3S/c1-2-21-15-8-3-11(9-14(15)17)10-18-22(19,20)13-6-4-12(16)5-7-13/h3-9,18H,2,10H2,1H3. The molecule has 0 bridgehead atoms. The fourth-order valence-corrected chi connectivity index (χ4v) is 2.82. The molecule has 0 aliphatic rings. The van der Waals surface area contributed by atoms with Gasteiger partial charge in [0.15, 0.2) is 11.6 Å². The second-order valence-corrected chi connectivity index (χ2v) is 6.24. The van der Waals surface area contributed by atoms with Crippen LogP contribution in [0.3, 0.4) is 0 Å². The van der Waals surface area contributed by atoms with Crippen LogP contribution in [0.2, 0.25) is 0 Å². The highest BCUT2D eigenvalue weighted by molar-refractivity contribution is 7.89. The smallest absolute Gasteiger partial charge is 0.240 e. The number of rotatable bonds is 6. The Morgan fingerprint density at radius 1 is 1.09 bits per heavy atom. The third-order valence-electron chi connectivity index (χ3n) is 2.89. The second kappa shape index (κ2) is 6.85. The van der Waals surface area contributed by atoms with Crippen molar-refractivity contribution in [3.63, 3.8) is 0 Å². The molecular weight excluding hydrogens is 312 g/mol. The van der Waals surface area contributed by atoms with Crippen LogP contribution in [-0.2, 0) is 16.6 Å². The number of nitrogens with one attached hydrogen (secondary N) is 1. The summed E-state index contributed by atoms with van der Waals surface area (Å²) in [4.78, 5) is -0.0553. The van der Waals surface area contributed by atoms with E-state index in [9.17, 15) is 17.2 Å². The largest absolute Gasteiger partial charge is 0.491 e. The van der Waals surface area contributed by atoms with Gasteiger partial charge in [-0.05, 0) is 48.9 Å². The average Bonchev–Trinajstić information content (AvgIpc) is 2.48. The molecule has 2 rings (SSSR count). The van der Waals surface area contributed by atoms with Crippen molar-refractivity contribution in [1.82, 2.24) is 4.72 Å². The lowest BCUT2D eigenvalue weighted by atomic mass is 10.2. The third kappa shape index (κ3) is 4.02. The van der Waals surface area contributed by atoms with Gasteiger partial charge >= 0.3 is 0 Å². The molecule has 7 heteroatoms.